The van der Waals surface area contributed by atoms with Gasteiger partial charge in [-0.2, -0.15) is 0 Å². The summed E-state index contributed by atoms with van der Waals surface area (Å²) in [6.07, 6.45) is 0.0543. The van der Waals surface area contributed by atoms with E-state index in [0.29, 0.717) is 6.42 Å². The Bertz CT molecular complexity index is 807. The molecule has 2 heteroatoms. The lowest BCUT2D eigenvalue weighted by Crippen LogP contribution is -2.25. The molecule has 0 unspecified atom stereocenters. The summed E-state index contributed by atoms with van der Waals surface area (Å²) in [5.74, 6) is 0. The minimum absolute atomic E-state index is 0.625. The van der Waals surface area contributed by atoms with Crippen LogP contribution < -0.4 is 0 Å². The van der Waals surface area contributed by atoms with Crippen LogP contribution in [0.5, 0.6) is 0 Å². The summed E-state index contributed by atoms with van der Waals surface area (Å²) in [6, 6.07) is 16.7. The largest absolute Gasteiger partial charge is 0.390 e. The Morgan fingerprint density at radius 2 is 1.60 bits per heavy atom. The van der Waals surface area contributed by atoms with Crippen molar-refractivity contribution >= 4 is 21.5 Å². The van der Waals surface area contributed by atoms with E-state index in [1.807, 2.05) is 12.1 Å². The molecule has 2 atom stereocenters. The van der Waals surface area contributed by atoms with Crippen molar-refractivity contribution < 1.29 is 10.2 Å². The average molecular weight is 264 g/mol. The van der Waals surface area contributed by atoms with Crippen molar-refractivity contribution in [1.82, 2.24) is 0 Å². The summed E-state index contributed by atoms with van der Waals surface area (Å²) in [5, 5.41) is 24.9. The third kappa shape index (κ3) is 1.59. The van der Waals surface area contributed by atoms with Gasteiger partial charge in [-0.3, -0.25) is 0 Å². The highest BCUT2D eigenvalue weighted by atomic mass is 16.3. The van der Waals surface area contributed by atoms with Crippen molar-refractivity contribution in [3.63, 3.8) is 0 Å². The number of aliphatic hydroxyl groups excluding tert-OH is 2. The van der Waals surface area contributed by atoms with Crippen LogP contribution in [0.2, 0.25) is 0 Å². The quantitative estimate of drug-likeness (QED) is 0.611. The zero-order valence-electron chi connectivity index (χ0n) is 11.1. The standard InChI is InChI=1S/C18H16O2/c19-17-10-9-15-14-6-5-11-3-1-2-4-12(11)13(14)7-8-16(15)18(17)20/h1-8,17-20H,9-10H2/t17-,18-/m1/s1. The number of hydrogen-bond donors (Lipinski definition) is 2. The summed E-state index contributed by atoms with van der Waals surface area (Å²) in [4.78, 5) is 0. The van der Waals surface area contributed by atoms with Crippen molar-refractivity contribution in [1.29, 1.82) is 0 Å². The molecule has 2 nitrogen and oxygen atoms in total. The van der Waals surface area contributed by atoms with E-state index in [-0.39, 0.29) is 0 Å². The number of benzene rings is 3. The maximum Gasteiger partial charge on any atom is 0.105 e. The first-order valence-electron chi connectivity index (χ1n) is 7.05. The van der Waals surface area contributed by atoms with Crippen LogP contribution in [0.15, 0.2) is 48.5 Å². The fraction of sp³-hybridized carbons (Fsp3) is 0.222. The van der Waals surface area contributed by atoms with Gasteiger partial charge in [-0.05, 0) is 45.5 Å². The van der Waals surface area contributed by atoms with E-state index in [9.17, 15) is 10.2 Å². The maximum absolute atomic E-state index is 10.2. The molecule has 0 aliphatic heterocycles. The molecule has 100 valence electrons. The van der Waals surface area contributed by atoms with E-state index in [4.69, 9.17) is 0 Å². The van der Waals surface area contributed by atoms with Crippen LogP contribution in [0.3, 0.4) is 0 Å². The van der Waals surface area contributed by atoms with Gasteiger partial charge in [0, 0.05) is 0 Å². The van der Waals surface area contributed by atoms with Crippen LogP contribution in [-0.4, -0.2) is 16.3 Å². The Labute approximate surface area is 117 Å². The summed E-state index contributed by atoms with van der Waals surface area (Å²) in [7, 11) is 0. The molecule has 3 aromatic carbocycles. The lowest BCUT2D eigenvalue weighted by Gasteiger charge is -2.27. The molecule has 0 heterocycles. The third-order valence-corrected chi connectivity index (χ3v) is 4.45. The molecule has 2 N–H and O–H groups in total. The molecular formula is C18H16O2. The first kappa shape index (κ1) is 11.9. The van der Waals surface area contributed by atoms with Gasteiger partial charge in [0.25, 0.3) is 0 Å². The molecule has 0 saturated heterocycles. The van der Waals surface area contributed by atoms with Gasteiger partial charge in [0.2, 0.25) is 0 Å². The Kier molecular flexibility index (Phi) is 2.56. The van der Waals surface area contributed by atoms with Crippen LogP contribution in [0.1, 0.15) is 23.7 Å². The second kappa shape index (κ2) is 4.30. The topological polar surface area (TPSA) is 40.5 Å². The van der Waals surface area contributed by atoms with Gasteiger partial charge in [-0.1, -0.05) is 48.5 Å². The highest BCUT2D eigenvalue weighted by molar-refractivity contribution is 6.08. The lowest BCUT2D eigenvalue weighted by molar-refractivity contribution is 0.00676. The van der Waals surface area contributed by atoms with Gasteiger partial charge in [0.05, 0.1) is 6.10 Å². The van der Waals surface area contributed by atoms with Crippen LogP contribution in [0, 0.1) is 0 Å². The van der Waals surface area contributed by atoms with E-state index < -0.39 is 12.2 Å². The highest BCUT2D eigenvalue weighted by Crippen LogP contribution is 2.37. The smallest absolute Gasteiger partial charge is 0.105 e. The van der Waals surface area contributed by atoms with E-state index in [0.717, 1.165) is 12.0 Å². The summed E-state index contributed by atoms with van der Waals surface area (Å²) in [5.41, 5.74) is 2.07. The number of fused-ring (bicyclic) bond motifs is 5. The van der Waals surface area contributed by atoms with E-state index >= 15 is 0 Å². The van der Waals surface area contributed by atoms with Crippen molar-refractivity contribution in [3.8, 4) is 0 Å². The van der Waals surface area contributed by atoms with Crippen molar-refractivity contribution in [3.05, 3.63) is 59.7 Å². The Morgan fingerprint density at radius 3 is 2.50 bits per heavy atom. The fourth-order valence-electron chi connectivity index (χ4n) is 3.38. The van der Waals surface area contributed by atoms with Crippen LogP contribution in [-0.2, 0) is 6.42 Å². The molecule has 3 aromatic rings. The minimum Gasteiger partial charge on any atom is -0.390 e. The molecule has 1 aliphatic rings. The molecule has 0 saturated carbocycles. The second-order valence-electron chi connectivity index (χ2n) is 5.57. The molecular weight excluding hydrogens is 248 g/mol. The molecule has 20 heavy (non-hydrogen) atoms. The van der Waals surface area contributed by atoms with E-state index in [1.165, 1.54) is 27.1 Å². The minimum atomic E-state index is -0.755. The van der Waals surface area contributed by atoms with Crippen molar-refractivity contribution in [2.45, 2.75) is 25.0 Å². The molecule has 0 aromatic heterocycles. The molecule has 4 rings (SSSR count). The number of hydrogen-bond acceptors (Lipinski definition) is 2. The third-order valence-electron chi connectivity index (χ3n) is 4.45. The van der Waals surface area contributed by atoms with Crippen LogP contribution in [0.25, 0.3) is 21.5 Å². The zero-order chi connectivity index (χ0) is 13.7. The van der Waals surface area contributed by atoms with Gasteiger partial charge in [-0.25, -0.2) is 0 Å². The van der Waals surface area contributed by atoms with Gasteiger partial charge >= 0.3 is 0 Å². The molecule has 0 fully saturated rings. The first-order chi connectivity index (χ1) is 9.75. The zero-order valence-corrected chi connectivity index (χ0v) is 11.1. The Morgan fingerprint density at radius 1 is 0.800 bits per heavy atom. The molecule has 0 radical (unpaired) electrons. The molecule has 0 spiro atoms. The van der Waals surface area contributed by atoms with E-state index in [1.54, 1.807) is 0 Å². The molecule has 0 bridgehead atoms. The van der Waals surface area contributed by atoms with Crippen molar-refractivity contribution in [2.75, 3.05) is 0 Å². The predicted molar refractivity (Wildman–Crippen MR) is 80.7 cm³/mol. The summed E-state index contributed by atoms with van der Waals surface area (Å²) >= 11 is 0. The first-order valence-corrected chi connectivity index (χ1v) is 7.05. The molecule has 0 amide bonds. The highest BCUT2D eigenvalue weighted by Gasteiger charge is 2.27. The SMILES string of the molecule is O[C@@H]1CCc2c(ccc3c2ccc2ccccc23)[C@H]1O. The van der Waals surface area contributed by atoms with Crippen LogP contribution >= 0.6 is 0 Å². The van der Waals surface area contributed by atoms with Gasteiger partial charge in [-0.15, -0.1) is 0 Å². The Hall–Kier alpha value is -1.90. The van der Waals surface area contributed by atoms with Gasteiger partial charge in [0.1, 0.15) is 6.10 Å². The van der Waals surface area contributed by atoms with Crippen molar-refractivity contribution in [2.24, 2.45) is 0 Å². The second-order valence-corrected chi connectivity index (χ2v) is 5.57. The normalized spacial score (nSPS) is 22.1. The maximum atomic E-state index is 10.2. The predicted octanol–water partition coefficient (Wildman–Crippen LogP) is 3.33. The number of aliphatic hydroxyl groups is 2. The Balaban J connectivity index is 2.08. The lowest BCUT2D eigenvalue weighted by atomic mass is 9.83. The van der Waals surface area contributed by atoms with Crippen LogP contribution in [0.4, 0.5) is 0 Å². The fourth-order valence-corrected chi connectivity index (χ4v) is 3.38. The summed E-state index contributed by atoms with van der Waals surface area (Å²) < 4.78 is 0. The number of rotatable bonds is 0. The van der Waals surface area contributed by atoms with Gasteiger partial charge in [0.15, 0.2) is 0 Å². The summed E-state index contributed by atoms with van der Waals surface area (Å²) in [6.45, 7) is 0. The molecule has 1 aliphatic carbocycles. The number of aryl methyl sites for hydroxylation is 1. The monoisotopic (exact) mass is 264 g/mol. The average Bonchev–Trinajstić information content (AvgIpc) is 2.50. The van der Waals surface area contributed by atoms with E-state index in [2.05, 4.69) is 36.4 Å². The van der Waals surface area contributed by atoms with Gasteiger partial charge < -0.3 is 10.2 Å².